The summed E-state index contributed by atoms with van der Waals surface area (Å²) in [6.45, 7) is 2.82. The van der Waals surface area contributed by atoms with E-state index in [0.717, 1.165) is 11.8 Å². The maximum Gasteiger partial charge on any atom is 0.323 e. The fourth-order valence-corrected chi connectivity index (χ4v) is 2.98. The Labute approximate surface area is 98.2 Å². The first-order valence-electron chi connectivity index (χ1n) is 4.62. The molecule has 0 amide bonds. The summed E-state index contributed by atoms with van der Waals surface area (Å²) < 4.78 is 25.5. The highest BCUT2D eigenvalue weighted by atomic mass is 32.2. The summed E-state index contributed by atoms with van der Waals surface area (Å²) in [5, 5.41) is 9.03. The summed E-state index contributed by atoms with van der Waals surface area (Å²) in [6.07, 6.45) is 0. The average molecular weight is 263 g/mol. The monoisotopic (exact) mass is 263 g/mol. The molecule has 0 fully saturated rings. The summed E-state index contributed by atoms with van der Waals surface area (Å²) in [7, 11) is -3.83. The van der Waals surface area contributed by atoms with Gasteiger partial charge in [-0.3, -0.25) is 4.79 Å². The molecule has 0 aliphatic heterocycles. The van der Waals surface area contributed by atoms with Crippen LogP contribution in [0.3, 0.4) is 0 Å². The van der Waals surface area contributed by atoms with Crippen molar-refractivity contribution in [3.05, 3.63) is 22.4 Å². The van der Waals surface area contributed by atoms with Crippen molar-refractivity contribution in [2.24, 2.45) is 0 Å². The van der Waals surface area contributed by atoms with Gasteiger partial charge in [0.2, 0.25) is 10.0 Å². The average Bonchev–Trinajstić information content (AvgIpc) is 2.68. The predicted octanol–water partition coefficient (Wildman–Crippen LogP) is 1.20. The first kappa shape index (κ1) is 13.1. The van der Waals surface area contributed by atoms with E-state index in [4.69, 9.17) is 5.11 Å². The Hall–Kier alpha value is -0.920. The minimum atomic E-state index is -3.83. The third-order valence-electron chi connectivity index (χ3n) is 2.12. The van der Waals surface area contributed by atoms with E-state index in [2.05, 4.69) is 4.72 Å². The molecule has 5 nitrogen and oxygen atoms in total. The zero-order chi connectivity index (χ0) is 12.3. The van der Waals surface area contributed by atoms with Crippen LogP contribution in [-0.2, 0) is 14.8 Å². The van der Waals surface area contributed by atoms with Gasteiger partial charge in [-0.2, -0.15) is 0 Å². The molecule has 2 atom stereocenters. The molecule has 0 aliphatic carbocycles. The van der Waals surface area contributed by atoms with Gasteiger partial charge in [0.25, 0.3) is 0 Å². The summed E-state index contributed by atoms with van der Waals surface area (Å²) in [6, 6.07) is 3.20. The zero-order valence-corrected chi connectivity index (χ0v) is 10.5. The maximum atomic E-state index is 11.6. The lowest BCUT2D eigenvalue weighted by atomic mass is 10.3. The molecule has 0 spiro atoms. The van der Waals surface area contributed by atoms with Gasteiger partial charge in [-0.05, 0) is 25.3 Å². The van der Waals surface area contributed by atoms with Gasteiger partial charge in [-0.15, -0.1) is 11.3 Å². The number of rotatable bonds is 5. The number of hydrogen-bond acceptors (Lipinski definition) is 4. The van der Waals surface area contributed by atoms with Crippen LogP contribution in [0.2, 0.25) is 0 Å². The van der Waals surface area contributed by atoms with Crippen molar-refractivity contribution in [2.45, 2.75) is 25.1 Å². The van der Waals surface area contributed by atoms with Crippen LogP contribution in [0.4, 0.5) is 0 Å². The topological polar surface area (TPSA) is 83.5 Å². The molecule has 2 N–H and O–H groups in total. The highest BCUT2D eigenvalue weighted by molar-refractivity contribution is 7.90. The van der Waals surface area contributed by atoms with Gasteiger partial charge in [-0.25, -0.2) is 13.1 Å². The second-order valence-corrected chi connectivity index (χ2v) is 6.39. The fraction of sp³-hybridized carbons (Fsp3) is 0.444. The number of aliphatic carboxylic acids is 1. The third kappa shape index (κ3) is 3.03. The van der Waals surface area contributed by atoms with Gasteiger partial charge in [0.1, 0.15) is 0 Å². The van der Waals surface area contributed by atoms with Crippen LogP contribution in [0.1, 0.15) is 24.8 Å². The second-order valence-electron chi connectivity index (χ2n) is 3.38. The minimum Gasteiger partial charge on any atom is -0.480 e. The van der Waals surface area contributed by atoms with Gasteiger partial charge < -0.3 is 5.11 Å². The molecular weight excluding hydrogens is 250 g/mol. The molecule has 1 rings (SSSR count). The largest absolute Gasteiger partial charge is 0.480 e. The van der Waals surface area contributed by atoms with Crippen LogP contribution in [0.5, 0.6) is 0 Å². The first-order valence-corrected chi connectivity index (χ1v) is 7.04. The van der Waals surface area contributed by atoms with Crippen molar-refractivity contribution in [2.75, 3.05) is 0 Å². The molecule has 0 saturated heterocycles. The molecule has 1 aromatic rings. The molecule has 0 saturated carbocycles. The van der Waals surface area contributed by atoms with Crippen LogP contribution >= 0.6 is 11.3 Å². The van der Waals surface area contributed by atoms with Crippen LogP contribution in [0.25, 0.3) is 0 Å². The van der Waals surface area contributed by atoms with E-state index in [9.17, 15) is 13.2 Å². The molecule has 1 aromatic heterocycles. The molecule has 1 unspecified atom stereocenters. The standard InChI is InChI=1S/C9H13NO4S2/c1-6(8-4-3-5-15-8)10-16(13,14)7(2)9(11)12/h3-7,10H,1-2H3,(H,11,12)/t6-,7?/m1/s1. The van der Waals surface area contributed by atoms with Crippen LogP contribution < -0.4 is 4.72 Å². The lowest BCUT2D eigenvalue weighted by molar-refractivity contribution is -0.136. The normalized spacial score (nSPS) is 15.6. The van der Waals surface area contributed by atoms with E-state index >= 15 is 0 Å². The molecule has 90 valence electrons. The Morgan fingerprint density at radius 1 is 1.50 bits per heavy atom. The second kappa shape index (κ2) is 4.94. The van der Waals surface area contributed by atoms with Gasteiger partial charge >= 0.3 is 5.97 Å². The Balaban J connectivity index is 2.78. The van der Waals surface area contributed by atoms with Crippen molar-refractivity contribution < 1.29 is 18.3 Å². The van der Waals surface area contributed by atoms with Gasteiger partial charge in [0, 0.05) is 4.88 Å². The van der Waals surface area contributed by atoms with Crippen molar-refractivity contribution in [3.63, 3.8) is 0 Å². The first-order chi connectivity index (χ1) is 7.34. The fourth-order valence-electron chi connectivity index (χ4n) is 1.08. The van der Waals surface area contributed by atoms with Crippen molar-refractivity contribution in [1.82, 2.24) is 4.72 Å². The number of sulfonamides is 1. The number of nitrogens with one attached hydrogen (secondary N) is 1. The number of carbonyl (C=O) groups is 1. The lowest BCUT2D eigenvalue weighted by Crippen LogP contribution is -2.38. The molecular formula is C9H13NO4S2. The molecule has 0 radical (unpaired) electrons. The minimum absolute atomic E-state index is 0.410. The summed E-state index contributed by atoms with van der Waals surface area (Å²) in [5.74, 6) is -1.36. The number of thiophene rings is 1. The number of hydrogen-bond donors (Lipinski definition) is 2. The van der Waals surface area contributed by atoms with E-state index < -0.39 is 27.3 Å². The van der Waals surface area contributed by atoms with E-state index in [-0.39, 0.29) is 0 Å². The number of carboxylic acids is 1. The highest BCUT2D eigenvalue weighted by Gasteiger charge is 2.29. The number of carboxylic acid groups (broad SMARTS) is 1. The van der Waals surface area contributed by atoms with Gasteiger partial charge in [0.05, 0.1) is 6.04 Å². The molecule has 7 heteroatoms. The van der Waals surface area contributed by atoms with E-state index in [1.807, 2.05) is 11.4 Å². The summed E-state index contributed by atoms with van der Waals surface area (Å²) in [5.41, 5.74) is 0. The maximum absolute atomic E-state index is 11.6. The van der Waals surface area contributed by atoms with Crippen molar-refractivity contribution in [3.8, 4) is 0 Å². The molecule has 16 heavy (non-hydrogen) atoms. The summed E-state index contributed by atoms with van der Waals surface area (Å²) >= 11 is 1.42. The Kier molecular flexibility index (Phi) is 4.06. The Morgan fingerprint density at radius 2 is 2.12 bits per heavy atom. The van der Waals surface area contributed by atoms with Gasteiger partial charge in [0.15, 0.2) is 5.25 Å². The summed E-state index contributed by atoms with van der Waals surface area (Å²) in [4.78, 5) is 11.4. The molecule has 0 aromatic carbocycles. The zero-order valence-electron chi connectivity index (χ0n) is 8.88. The Morgan fingerprint density at radius 3 is 2.56 bits per heavy atom. The Bertz CT molecular complexity index is 452. The third-order valence-corrected chi connectivity index (χ3v) is 4.99. The van der Waals surface area contributed by atoms with E-state index in [1.54, 1.807) is 13.0 Å². The molecule has 1 heterocycles. The van der Waals surface area contributed by atoms with Crippen molar-refractivity contribution >= 4 is 27.3 Å². The van der Waals surface area contributed by atoms with Crippen molar-refractivity contribution in [1.29, 1.82) is 0 Å². The smallest absolute Gasteiger partial charge is 0.323 e. The van der Waals surface area contributed by atoms with Gasteiger partial charge in [-0.1, -0.05) is 6.07 Å². The van der Waals surface area contributed by atoms with Crippen LogP contribution in [0.15, 0.2) is 17.5 Å². The quantitative estimate of drug-likeness (QED) is 0.836. The predicted molar refractivity (Wildman–Crippen MR) is 61.9 cm³/mol. The van der Waals surface area contributed by atoms with Crippen LogP contribution in [0, 0.1) is 0 Å². The SMILES string of the molecule is CC(C(=O)O)S(=O)(=O)N[C@H](C)c1cccs1. The molecule has 0 bridgehead atoms. The molecule has 0 aliphatic rings. The van der Waals surface area contributed by atoms with E-state index in [0.29, 0.717) is 0 Å². The lowest BCUT2D eigenvalue weighted by Gasteiger charge is -2.14. The van der Waals surface area contributed by atoms with Crippen LogP contribution in [-0.4, -0.2) is 24.7 Å². The highest BCUT2D eigenvalue weighted by Crippen LogP contribution is 2.19. The van der Waals surface area contributed by atoms with E-state index in [1.165, 1.54) is 11.3 Å².